The molecule has 0 saturated carbocycles. The molecule has 0 spiro atoms. The summed E-state index contributed by atoms with van der Waals surface area (Å²) in [4.78, 5) is 4.29. The van der Waals surface area contributed by atoms with Gasteiger partial charge in [0.05, 0.1) is 16.3 Å². The standard InChI is InChI=1S/C14H14F4N2S/c1-8-20-10(7-21-8)6-13(19-2)9-3-4-12(15)11(5-9)14(16,17)18/h3-5,7,13,19H,6H2,1-2H3. The topological polar surface area (TPSA) is 24.9 Å². The van der Waals surface area contributed by atoms with E-state index in [0.29, 0.717) is 12.0 Å². The minimum Gasteiger partial charge on any atom is -0.313 e. The van der Waals surface area contributed by atoms with Crippen LogP contribution in [-0.2, 0) is 12.6 Å². The van der Waals surface area contributed by atoms with Crippen molar-refractivity contribution in [1.82, 2.24) is 10.3 Å². The normalized spacial score (nSPS) is 13.4. The molecule has 0 saturated heterocycles. The van der Waals surface area contributed by atoms with Gasteiger partial charge in [0.15, 0.2) is 0 Å². The zero-order valence-electron chi connectivity index (χ0n) is 11.5. The first-order chi connectivity index (χ1) is 9.81. The van der Waals surface area contributed by atoms with E-state index in [1.54, 1.807) is 7.05 Å². The van der Waals surface area contributed by atoms with Gasteiger partial charge >= 0.3 is 6.18 Å². The summed E-state index contributed by atoms with van der Waals surface area (Å²) in [6, 6.07) is 2.73. The SMILES string of the molecule is CNC(Cc1csc(C)n1)c1ccc(F)c(C(F)(F)F)c1. The first-order valence-corrected chi connectivity index (χ1v) is 7.14. The lowest BCUT2D eigenvalue weighted by Crippen LogP contribution is -2.20. The second kappa shape index (κ2) is 6.11. The van der Waals surface area contributed by atoms with Gasteiger partial charge < -0.3 is 5.32 Å². The summed E-state index contributed by atoms with van der Waals surface area (Å²) in [7, 11) is 1.65. The van der Waals surface area contributed by atoms with Crippen molar-refractivity contribution < 1.29 is 17.6 Å². The molecule has 0 radical (unpaired) electrons. The third-order valence-electron chi connectivity index (χ3n) is 3.13. The van der Waals surface area contributed by atoms with Gasteiger partial charge in [0.1, 0.15) is 5.82 Å². The fraction of sp³-hybridized carbons (Fsp3) is 0.357. The molecule has 1 atom stereocenters. The molecule has 0 fully saturated rings. The summed E-state index contributed by atoms with van der Waals surface area (Å²) in [6.45, 7) is 1.86. The van der Waals surface area contributed by atoms with Crippen molar-refractivity contribution in [3.05, 3.63) is 51.2 Å². The van der Waals surface area contributed by atoms with E-state index in [1.807, 2.05) is 12.3 Å². The lowest BCUT2D eigenvalue weighted by molar-refractivity contribution is -0.140. The Balaban J connectivity index is 2.30. The van der Waals surface area contributed by atoms with Gasteiger partial charge in [-0.25, -0.2) is 9.37 Å². The van der Waals surface area contributed by atoms with Crippen LogP contribution in [-0.4, -0.2) is 12.0 Å². The minimum absolute atomic E-state index is 0.354. The molecule has 1 aromatic carbocycles. The van der Waals surface area contributed by atoms with E-state index in [9.17, 15) is 17.6 Å². The molecule has 2 aromatic rings. The monoisotopic (exact) mass is 318 g/mol. The Morgan fingerprint density at radius 2 is 2.05 bits per heavy atom. The van der Waals surface area contributed by atoms with Gasteiger partial charge in [-0.2, -0.15) is 13.2 Å². The Morgan fingerprint density at radius 1 is 1.33 bits per heavy atom. The number of benzene rings is 1. The summed E-state index contributed by atoms with van der Waals surface area (Å²) in [5.74, 6) is -1.26. The molecule has 21 heavy (non-hydrogen) atoms. The lowest BCUT2D eigenvalue weighted by atomic mass is 9.99. The summed E-state index contributed by atoms with van der Waals surface area (Å²) in [5.41, 5.74) is -0.0543. The van der Waals surface area contributed by atoms with Crippen LogP contribution < -0.4 is 5.32 Å². The van der Waals surface area contributed by atoms with E-state index >= 15 is 0 Å². The molecule has 1 aromatic heterocycles. The number of halogens is 4. The number of rotatable bonds is 4. The molecule has 2 rings (SSSR count). The maximum atomic E-state index is 13.3. The second-order valence-electron chi connectivity index (χ2n) is 4.64. The predicted octanol–water partition coefficient (Wildman–Crippen LogP) is 4.11. The molecule has 1 N–H and O–H groups in total. The molecular formula is C14H14F4N2S. The van der Waals surface area contributed by atoms with Crippen LogP contribution in [0.1, 0.15) is 27.9 Å². The van der Waals surface area contributed by atoms with Crippen LogP contribution in [0.2, 0.25) is 0 Å². The highest BCUT2D eigenvalue weighted by molar-refractivity contribution is 7.09. The smallest absolute Gasteiger partial charge is 0.313 e. The van der Waals surface area contributed by atoms with Gasteiger partial charge in [0, 0.05) is 17.8 Å². The molecular weight excluding hydrogens is 304 g/mol. The summed E-state index contributed by atoms with van der Waals surface area (Å²) in [6.07, 6.45) is -4.25. The van der Waals surface area contributed by atoms with Crippen LogP contribution in [0.4, 0.5) is 17.6 Å². The van der Waals surface area contributed by atoms with Crippen LogP contribution in [0, 0.1) is 12.7 Å². The quantitative estimate of drug-likeness (QED) is 0.858. The average Bonchev–Trinajstić information content (AvgIpc) is 2.81. The molecule has 7 heteroatoms. The molecule has 0 aliphatic heterocycles. The third kappa shape index (κ3) is 3.79. The maximum absolute atomic E-state index is 13.3. The number of hydrogen-bond acceptors (Lipinski definition) is 3. The number of thiazole rings is 1. The number of alkyl halides is 3. The van der Waals surface area contributed by atoms with E-state index < -0.39 is 17.6 Å². The first kappa shape index (κ1) is 15.9. The number of nitrogens with one attached hydrogen (secondary N) is 1. The first-order valence-electron chi connectivity index (χ1n) is 6.26. The molecule has 1 unspecified atom stereocenters. The Morgan fingerprint density at radius 3 is 2.57 bits per heavy atom. The number of nitrogens with zero attached hydrogens (tertiary/aromatic N) is 1. The summed E-state index contributed by atoms with van der Waals surface area (Å²) in [5, 5.41) is 5.72. The Hall–Kier alpha value is -1.47. The summed E-state index contributed by atoms with van der Waals surface area (Å²) < 4.78 is 51.6. The van der Waals surface area contributed by atoms with E-state index in [2.05, 4.69) is 10.3 Å². The number of hydrogen-bond donors (Lipinski definition) is 1. The molecule has 114 valence electrons. The number of aryl methyl sites for hydroxylation is 1. The maximum Gasteiger partial charge on any atom is 0.419 e. The van der Waals surface area contributed by atoms with Crippen molar-refractivity contribution in [3.8, 4) is 0 Å². The van der Waals surface area contributed by atoms with Gasteiger partial charge in [-0.3, -0.25) is 0 Å². The number of aromatic nitrogens is 1. The molecule has 0 aliphatic carbocycles. The van der Waals surface area contributed by atoms with Gasteiger partial charge in [0.25, 0.3) is 0 Å². The molecule has 0 bridgehead atoms. The molecule has 0 aliphatic rings. The van der Waals surface area contributed by atoms with Crippen LogP contribution >= 0.6 is 11.3 Å². The second-order valence-corrected chi connectivity index (χ2v) is 5.70. The van der Waals surface area contributed by atoms with Crippen molar-refractivity contribution >= 4 is 11.3 Å². The Kier molecular flexibility index (Phi) is 4.63. The molecule has 0 amide bonds. The highest BCUT2D eigenvalue weighted by Gasteiger charge is 2.34. The molecule has 1 heterocycles. The van der Waals surface area contributed by atoms with Gasteiger partial charge in [-0.15, -0.1) is 11.3 Å². The van der Waals surface area contributed by atoms with Crippen molar-refractivity contribution in [2.24, 2.45) is 0 Å². The zero-order valence-corrected chi connectivity index (χ0v) is 12.3. The van der Waals surface area contributed by atoms with Crippen LogP contribution in [0.25, 0.3) is 0 Å². The van der Waals surface area contributed by atoms with Crippen LogP contribution in [0.5, 0.6) is 0 Å². The van der Waals surface area contributed by atoms with E-state index in [-0.39, 0.29) is 6.04 Å². The van der Waals surface area contributed by atoms with Crippen molar-refractivity contribution in [2.45, 2.75) is 25.6 Å². The van der Waals surface area contributed by atoms with E-state index in [0.717, 1.165) is 22.8 Å². The lowest BCUT2D eigenvalue weighted by Gasteiger charge is -2.17. The van der Waals surface area contributed by atoms with Crippen LogP contribution in [0.15, 0.2) is 23.6 Å². The van der Waals surface area contributed by atoms with Crippen LogP contribution in [0.3, 0.4) is 0 Å². The number of likely N-dealkylation sites (N-methyl/N-ethyl adjacent to an activating group) is 1. The van der Waals surface area contributed by atoms with Crippen molar-refractivity contribution in [1.29, 1.82) is 0 Å². The fourth-order valence-electron chi connectivity index (χ4n) is 2.07. The highest BCUT2D eigenvalue weighted by Crippen LogP contribution is 2.33. The predicted molar refractivity (Wildman–Crippen MR) is 73.8 cm³/mol. The van der Waals surface area contributed by atoms with Gasteiger partial charge in [0.2, 0.25) is 0 Å². The van der Waals surface area contributed by atoms with Gasteiger partial charge in [-0.1, -0.05) is 6.07 Å². The Bertz CT molecular complexity index is 622. The minimum atomic E-state index is -4.70. The fourth-order valence-corrected chi connectivity index (χ4v) is 2.70. The van der Waals surface area contributed by atoms with Crippen molar-refractivity contribution in [2.75, 3.05) is 7.05 Å². The molecule has 2 nitrogen and oxygen atoms in total. The van der Waals surface area contributed by atoms with Gasteiger partial charge in [-0.05, 0) is 31.7 Å². The Labute approximate surface area is 123 Å². The van der Waals surface area contributed by atoms with E-state index in [1.165, 1.54) is 17.4 Å². The van der Waals surface area contributed by atoms with Crippen molar-refractivity contribution in [3.63, 3.8) is 0 Å². The zero-order chi connectivity index (χ0) is 15.6. The average molecular weight is 318 g/mol. The summed E-state index contributed by atoms with van der Waals surface area (Å²) >= 11 is 1.48. The van der Waals surface area contributed by atoms with E-state index in [4.69, 9.17) is 0 Å². The largest absolute Gasteiger partial charge is 0.419 e. The third-order valence-corrected chi connectivity index (χ3v) is 3.95. The highest BCUT2D eigenvalue weighted by atomic mass is 32.1.